The summed E-state index contributed by atoms with van der Waals surface area (Å²) in [7, 11) is 0. The third kappa shape index (κ3) is 3.02. The van der Waals surface area contributed by atoms with Crippen LogP contribution in [0.15, 0.2) is 24.5 Å². The van der Waals surface area contributed by atoms with Crippen LogP contribution in [0.25, 0.3) is 11.0 Å². The molecule has 3 rings (SSSR count). The number of fused-ring (bicyclic) bond motifs is 1. The minimum absolute atomic E-state index is 0.639. The van der Waals surface area contributed by atoms with Gasteiger partial charge in [-0.1, -0.05) is 6.07 Å². The molecule has 2 aromatic rings. The Morgan fingerprint density at radius 3 is 2.94 bits per heavy atom. The van der Waals surface area contributed by atoms with Gasteiger partial charge in [0.05, 0.1) is 17.4 Å². The number of imidazole rings is 1. The SMILES string of the molecule is c1nc2ccc(CNC3CSCCSC3)cc2[nH]1. The van der Waals surface area contributed by atoms with E-state index in [2.05, 4.69) is 57.0 Å². The van der Waals surface area contributed by atoms with Crippen molar-refractivity contribution in [2.75, 3.05) is 23.0 Å². The smallest absolute Gasteiger partial charge is 0.0931 e. The number of thioether (sulfide) groups is 2. The molecule has 18 heavy (non-hydrogen) atoms. The molecule has 3 nitrogen and oxygen atoms in total. The third-order valence-electron chi connectivity index (χ3n) is 3.09. The number of benzene rings is 1. The van der Waals surface area contributed by atoms with E-state index in [9.17, 15) is 0 Å². The Hall–Kier alpha value is -0.650. The Labute approximate surface area is 116 Å². The predicted molar refractivity (Wildman–Crippen MR) is 81.4 cm³/mol. The molecule has 1 saturated heterocycles. The molecule has 2 heterocycles. The van der Waals surface area contributed by atoms with Gasteiger partial charge in [-0.25, -0.2) is 4.98 Å². The Balaban J connectivity index is 1.61. The largest absolute Gasteiger partial charge is 0.345 e. The summed E-state index contributed by atoms with van der Waals surface area (Å²) < 4.78 is 0. The Kier molecular flexibility index (Phi) is 4.13. The molecule has 0 unspecified atom stereocenters. The maximum atomic E-state index is 4.24. The monoisotopic (exact) mass is 279 g/mol. The molecule has 0 atom stereocenters. The van der Waals surface area contributed by atoms with Crippen LogP contribution in [0, 0.1) is 0 Å². The highest BCUT2D eigenvalue weighted by molar-refractivity contribution is 8.03. The van der Waals surface area contributed by atoms with Crippen LogP contribution in [-0.2, 0) is 6.54 Å². The second-order valence-electron chi connectivity index (χ2n) is 4.48. The first kappa shape index (κ1) is 12.4. The van der Waals surface area contributed by atoms with Crippen molar-refractivity contribution < 1.29 is 0 Å². The van der Waals surface area contributed by atoms with Crippen LogP contribution in [-0.4, -0.2) is 39.0 Å². The van der Waals surface area contributed by atoms with Crippen molar-refractivity contribution in [2.45, 2.75) is 12.6 Å². The van der Waals surface area contributed by atoms with Gasteiger partial charge in [0.15, 0.2) is 0 Å². The lowest BCUT2D eigenvalue weighted by Gasteiger charge is -2.15. The van der Waals surface area contributed by atoms with E-state index in [-0.39, 0.29) is 0 Å². The highest BCUT2D eigenvalue weighted by Gasteiger charge is 2.12. The van der Waals surface area contributed by atoms with Gasteiger partial charge in [0, 0.05) is 35.6 Å². The number of nitrogens with one attached hydrogen (secondary N) is 2. The molecule has 1 aliphatic rings. The van der Waals surface area contributed by atoms with Gasteiger partial charge in [-0.3, -0.25) is 0 Å². The van der Waals surface area contributed by atoms with E-state index in [4.69, 9.17) is 0 Å². The Bertz CT molecular complexity index is 504. The molecule has 2 N–H and O–H groups in total. The molecule has 1 aromatic carbocycles. The number of aromatic nitrogens is 2. The number of rotatable bonds is 3. The van der Waals surface area contributed by atoms with Gasteiger partial charge in [0.25, 0.3) is 0 Å². The molecule has 1 aliphatic heterocycles. The van der Waals surface area contributed by atoms with Gasteiger partial charge in [-0.2, -0.15) is 23.5 Å². The van der Waals surface area contributed by atoms with Gasteiger partial charge in [-0.05, 0) is 17.7 Å². The zero-order chi connectivity index (χ0) is 12.2. The van der Waals surface area contributed by atoms with Gasteiger partial charge < -0.3 is 10.3 Å². The molecule has 96 valence electrons. The first-order valence-electron chi connectivity index (χ1n) is 6.23. The van der Waals surface area contributed by atoms with E-state index < -0.39 is 0 Å². The molecule has 1 aromatic heterocycles. The molecule has 0 radical (unpaired) electrons. The molecule has 1 fully saturated rings. The van der Waals surface area contributed by atoms with Crippen molar-refractivity contribution in [2.24, 2.45) is 0 Å². The second kappa shape index (κ2) is 5.99. The van der Waals surface area contributed by atoms with Crippen molar-refractivity contribution in [1.82, 2.24) is 15.3 Å². The molecular weight excluding hydrogens is 262 g/mol. The standard InChI is InChI=1S/C13H17N3S2/c1-2-12-13(16-9-15-12)5-10(1)6-14-11-7-17-3-4-18-8-11/h1-2,5,9,11,14H,3-4,6-8H2,(H,15,16). The van der Waals surface area contributed by atoms with E-state index in [1.807, 2.05) is 0 Å². The van der Waals surface area contributed by atoms with E-state index in [0.29, 0.717) is 6.04 Å². The molecule has 0 saturated carbocycles. The predicted octanol–water partition coefficient (Wildman–Crippen LogP) is 2.50. The van der Waals surface area contributed by atoms with Crippen molar-refractivity contribution in [3.63, 3.8) is 0 Å². The summed E-state index contributed by atoms with van der Waals surface area (Å²) >= 11 is 4.13. The fourth-order valence-electron chi connectivity index (χ4n) is 2.09. The van der Waals surface area contributed by atoms with Crippen LogP contribution < -0.4 is 5.32 Å². The van der Waals surface area contributed by atoms with Gasteiger partial charge in [0.1, 0.15) is 0 Å². The number of aromatic amines is 1. The minimum atomic E-state index is 0.639. The fourth-order valence-corrected chi connectivity index (χ4v) is 4.56. The van der Waals surface area contributed by atoms with Crippen LogP contribution in [0.1, 0.15) is 5.56 Å². The summed E-state index contributed by atoms with van der Waals surface area (Å²) in [4.78, 5) is 7.40. The number of hydrogen-bond donors (Lipinski definition) is 2. The minimum Gasteiger partial charge on any atom is -0.345 e. The van der Waals surface area contributed by atoms with Crippen molar-refractivity contribution in [1.29, 1.82) is 0 Å². The van der Waals surface area contributed by atoms with Crippen LogP contribution >= 0.6 is 23.5 Å². The normalized spacial score (nSPS) is 18.0. The summed E-state index contributed by atoms with van der Waals surface area (Å²) in [6.45, 7) is 0.945. The van der Waals surface area contributed by atoms with Crippen molar-refractivity contribution in [3.8, 4) is 0 Å². The Morgan fingerprint density at radius 1 is 1.28 bits per heavy atom. The highest BCUT2D eigenvalue weighted by atomic mass is 32.2. The first-order chi connectivity index (χ1) is 8.92. The number of H-pyrrole nitrogens is 1. The summed E-state index contributed by atoms with van der Waals surface area (Å²) in [5.74, 6) is 5.06. The topological polar surface area (TPSA) is 40.7 Å². The lowest BCUT2D eigenvalue weighted by Crippen LogP contribution is -2.32. The van der Waals surface area contributed by atoms with Crippen molar-refractivity contribution >= 4 is 34.6 Å². The van der Waals surface area contributed by atoms with Crippen LogP contribution in [0.4, 0.5) is 0 Å². The van der Waals surface area contributed by atoms with E-state index in [1.165, 1.54) is 28.6 Å². The zero-order valence-corrected chi connectivity index (χ0v) is 11.8. The summed E-state index contributed by atoms with van der Waals surface area (Å²) in [5, 5.41) is 3.66. The average Bonchev–Trinajstić information content (AvgIpc) is 2.70. The van der Waals surface area contributed by atoms with Gasteiger partial charge in [0.2, 0.25) is 0 Å². The average molecular weight is 279 g/mol. The Morgan fingerprint density at radius 2 is 2.11 bits per heavy atom. The maximum absolute atomic E-state index is 4.24. The molecule has 0 aliphatic carbocycles. The van der Waals surface area contributed by atoms with Crippen LogP contribution in [0.5, 0.6) is 0 Å². The quantitative estimate of drug-likeness (QED) is 0.906. The van der Waals surface area contributed by atoms with Crippen molar-refractivity contribution in [3.05, 3.63) is 30.1 Å². The number of hydrogen-bond acceptors (Lipinski definition) is 4. The molecule has 0 bridgehead atoms. The molecule has 0 spiro atoms. The highest BCUT2D eigenvalue weighted by Crippen LogP contribution is 2.17. The molecule has 0 amide bonds. The third-order valence-corrected chi connectivity index (χ3v) is 5.61. The van der Waals surface area contributed by atoms with E-state index in [0.717, 1.165) is 17.6 Å². The summed E-state index contributed by atoms with van der Waals surface area (Å²) in [5.41, 5.74) is 3.49. The lowest BCUT2D eigenvalue weighted by molar-refractivity contribution is 0.604. The molecule has 5 heteroatoms. The fraction of sp³-hybridized carbons (Fsp3) is 0.462. The zero-order valence-electron chi connectivity index (χ0n) is 10.2. The lowest BCUT2D eigenvalue weighted by atomic mass is 10.2. The summed E-state index contributed by atoms with van der Waals surface area (Å²) in [6, 6.07) is 7.07. The van der Waals surface area contributed by atoms with Crippen LogP contribution in [0.3, 0.4) is 0 Å². The van der Waals surface area contributed by atoms with Crippen LogP contribution in [0.2, 0.25) is 0 Å². The summed E-state index contributed by atoms with van der Waals surface area (Å²) in [6.07, 6.45) is 1.75. The number of nitrogens with zero attached hydrogens (tertiary/aromatic N) is 1. The first-order valence-corrected chi connectivity index (χ1v) is 8.53. The molecular formula is C13H17N3S2. The van der Waals surface area contributed by atoms with E-state index in [1.54, 1.807) is 6.33 Å². The van der Waals surface area contributed by atoms with Gasteiger partial charge in [-0.15, -0.1) is 0 Å². The maximum Gasteiger partial charge on any atom is 0.0931 e. The second-order valence-corrected chi connectivity index (χ2v) is 6.78. The van der Waals surface area contributed by atoms with Gasteiger partial charge >= 0.3 is 0 Å². The van der Waals surface area contributed by atoms with E-state index >= 15 is 0 Å².